The highest BCUT2D eigenvalue weighted by Crippen LogP contribution is 2.31. The smallest absolute Gasteiger partial charge is 0.315 e. The fourth-order valence-corrected chi connectivity index (χ4v) is 3.63. The summed E-state index contributed by atoms with van der Waals surface area (Å²) in [5.41, 5.74) is 7.41. The number of nitrogens with zero attached hydrogens (tertiary/aromatic N) is 4. The average molecular weight is 396 g/mol. The zero-order valence-corrected chi connectivity index (χ0v) is 16.7. The molecule has 3 heterocycles. The van der Waals surface area contributed by atoms with Gasteiger partial charge >= 0.3 is 5.97 Å². The molecular weight excluding hydrogens is 372 g/mol. The van der Waals surface area contributed by atoms with Crippen LogP contribution in [-0.4, -0.2) is 42.6 Å². The summed E-state index contributed by atoms with van der Waals surface area (Å²) in [5.74, 6) is -0.294. The Kier molecular flexibility index (Phi) is 4.62. The van der Waals surface area contributed by atoms with Crippen LogP contribution in [0.3, 0.4) is 0 Å². The van der Waals surface area contributed by atoms with E-state index in [0.29, 0.717) is 25.3 Å². The molecule has 1 aromatic carbocycles. The number of nitrogens with two attached hydrogens (primary N) is 1. The van der Waals surface area contributed by atoms with E-state index in [-0.39, 0.29) is 23.3 Å². The van der Waals surface area contributed by atoms with Crippen molar-refractivity contribution in [1.82, 2.24) is 24.5 Å². The molecule has 9 heteroatoms. The number of H-pyrrole nitrogens is 1. The summed E-state index contributed by atoms with van der Waals surface area (Å²) in [6.07, 6.45) is 0. The number of anilines is 1. The maximum absolute atomic E-state index is 12.9. The van der Waals surface area contributed by atoms with E-state index in [9.17, 15) is 9.59 Å². The summed E-state index contributed by atoms with van der Waals surface area (Å²) in [5, 5.41) is 2.65. The number of benzene rings is 1. The molecule has 0 saturated carbocycles. The first-order chi connectivity index (χ1) is 13.7. The van der Waals surface area contributed by atoms with E-state index in [1.54, 1.807) is 0 Å². The van der Waals surface area contributed by atoms with E-state index in [1.165, 1.54) is 10.6 Å². The van der Waals surface area contributed by atoms with Crippen molar-refractivity contribution in [3.63, 3.8) is 0 Å². The quantitative estimate of drug-likeness (QED) is 0.643. The standard InChI is InChI=1S/C20H24N6O3/c1-20(2,3)29-17(28)15-11-25(9-12-6-4-5-7-14(12)15)10-13-8-16(27)26-19(22-13)23-18(21)24-26/h4-8,15H,9-11H2,1-3H3,(H3,21,22,23,24). The lowest BCUT2D eigenvalue weighted by molar-refractivity contribution is -0.157. The largest absolute Gasteiger partial charge is 0.459 e. The normalized spacial score (nSPS) is 17.3. The molecular formula is C20H24N6O3. The Balaban J connectivity index is 1.62. The molecule has 0 saturated heterocycles. The van der Waals surface area contributed by atoms with Crippen molar-refractivity contribution < 1.29 is 9.53 Å². The van der Waals surface area contributed by atoms with Crippen LogP contribution < -0.4 is 11.3 Å². The number of nitrogens with one attached hydrogen (secondary N) is 1. The van der Waals surface area contributed by atoms with Crippen LogP contribution in [0.15, 0.2) is 35.1 Å². The lowest BCUT2D eigenvalue weighted by Gasteiger charge is -2.34. The summed E-state index contributed by atoms with van der Waals surface area (Å²) in [6.45, 7) is 7.12. The minimum Gasteiger partial charge on any atom is -0.459 e. The van der Waals surface area contributed by atoms with Gasteiger partial charge in [0.05, 0.1) is 11.6 Å². The van der Waals surface area contributed by atoms with Crippen LogP contribution in [0, 0.1) is 0 Å². The molecule has 1 aliphatic heterocycles. The van der Waals surface area contributed by atoms with Crippen LogP contribution in [0.2, 0.25) is 0 Å². The number of ether oxygens (including phenoxy) is 1. The molecule has 0 aliphatic carbocycles. The molecule has 1 unspecified atom stereocenters. The summed E-state index contributed by atoms with van der Waals surface area (Å²) in [6, 6.07) is 9.33. The topological polar surface area (TPSA) is 119 Å². The van der Waals surface area contributed by atoms with Gasteiger partial charge in [0.15, 0.2) is 0 Å². The summed E-state index contributed by atoms with van der Waals surface area (Å²) >= 11 is 0. The van der Waals surface area contributed by atoms with Crippen molar-refractivity contribution in [1.29, 1.82) is 0 Å². The monoisotopic (exact) mass is 396 g/mol. The van der Waals surface area contributed by atoms with Crippen LogP contribution >= 0.6 is 0 Å². The molecule has 29 heavy (non-hydrogen) atoms. The molecule has 4 rings (SSSR count). The Hall–Kier alpha value is -3.20. The molecule has 0 amide bonds. The van der Waals surface area contributed by atoms with E-state index in [1.807, 2.05) is 45.0 Å². The van der Waals surface area contributed by atoms with Crippen LogP contribution in [0.25, 0.3) is 5.78 Å². The summed E-state index contributed by atoms with van der Waals surface area (Å²) in [7, 11) is 0. The van der Waals surface area contributed by atoms with Crippen molar-refractivity contribution in [2.24, 2.45) is 0 Å². The molecule has 152 valence electrons. The van der Waals surface area contributed by atoms with E-state index >= 15 is 0 Å². The lowest BCUT2D eigenvalue weighted by atomic mass is 9.89. The highest BCUT2D eigenvalue weighted by atomic mass is 16.6. The minimum atomic E-state index is -0.560. The van der Waals surface area contributed by atoms with Crippen molar-refractivity contribution in [3.8, 4) is 0 Å². The fraction of sp³-hybridized carbons (Fsp3) is 0.400. The Morgan fingerprint density at radius 2 is 2.07 bits per heavy atom. The van der Waals surface area contributed by atoms with Crippen molar-refractivity contribution in [3.05, 3.63) is 57.5 Å². The fourth-order valence-electron chi connectivity index (χ4n) is 3.63. The van der Waals surface area contributed by atoms with Crippen LogP contribution in [0.1, 0.15) is 43.5 Å². The highest BCUT2D eigenvalue weighted by Gasteiger charge is 2.33. The van der Waals surface area contributed by atoms with Gasteiger partial charge < -0.3 is 10.5 Å². The average Bonchev–Trinajstić information content (AvgIpc) is 3.00. The molecule has 1 aliphatic rings. The Bertz CT molecular complexity index is 1130. The minimum absolute atomic E-state index is 0.128. The first-order valence-electron chi connectivity index (χ1n) is 9.47. The third kappa shape index (κ3) is 4.00. The van der Waals surface area contributed by atoms with Gasteiger partial charge in [-0.25, -0.2) is 4.98 Å². The van der Waals surface area contributed by atoms with Crippen LogP contribution in [0.5, 0.6) is 0 Å². The molecule has 3 N–H and O–H groups in total. The van der Waals surface area contributed by atoms with Crippen LogP contribution in [0.4, 0.5) is 5.95 Å². The molecule has 1 atom stereocenters. The second kappa shape index (κ2) is 7.00. The van der Waals surface area contributed by atoms with E-state index in [2.05, 4.69) is 20.0 Å². The number of carbonyl (C=O) groups excluding carboxylic acids is 1. The zero-order valence-electron chi connectivity index (χ0n) is 16.7. The molecule has 3 aromatic rings. The van der Waals surface area contributed by atoms with Gasteiger partial charge in [0.1, 0.15) is 5.60 Å². The number of carbonyl (C=O) groups is 1. The molecule has 2 aromatic heterocycles. The van der Waals surface area contributed by atoms with Gasteiger partial charge in [-0.1, -0.05) is 24.3 Å². The molecule has 0 bridgehead atoms. The van der Waals surface area contributed by atoms with Gasteiger partial charge in [0.2, 0.25) is 5.95 Å². The first kappa shape index (κ1) is 19.1. The van der Waals surface area contributed by atoms with Crippen molar-refractivity contribution >= 4 is 17.7 Å². The van der Waals surface area contributed by atoms with E-state index in [0.717, 1.165) is 11.1 Å². The number of hydrogen-bond acceptors (Lipinski definition) is 7. The van der Waals surface area contributed by atoms with Crippen LogP contribution in [-0.2, 0) is 22.6 Å². The molecule has 0 fully saturated rings. The Morgan fingerprint density at radius 1 is 1.31 bits per heavy atom. The van der Waals surface area contributed by atoms with Gasteiger partial charge in [-0.2, -0.15) is 9.50 Å². The first-order valence-corrected chi connectivity index (χ1v) is 9.47. The third-order valence-electron chi connectivity index (χ3n) is 4.74. The Labute approximate surface area is 167 Å². The van der Waals surface area contributed by atoms with Crippen molar-refractivity contribution in [2.75, 3.05) is 12.3 Å². The molecule has 9 nitrogen and oxygen atoms in total. The van der Waals surface area contributed by atoms with Crippen molar-refractivity contribution in [2.45, 2.75) is 45.4 Å². The number of aromatic amines is 1. The predicted octanol–water partition coefficient (Wildman–Crippen LogP) is 1.44. The third-order valence-corrected chi connectivity index (χ3v) is 4.74. The van der Waals surface area contributed by atoms with Gasteiger partial charge in [-0.3, -0.25) is 19.6 Å². The maximum Gasteiger partial charge on any atom is 0.315 e. The van der Waals surface area contributed by atoms with E-state index in [4.69, 9.17) is 10.5 Å². The summed E-state index contributed by atoms with van der Waals surface area (Å²) < 4.78 is 6.85. The molecule has 0 spiro atoms. The second-order valence-corrected chi connectivity index (χ2v) is 8.28. The number of nitrogen functional groups attached to an aromatic ring is 1. The number of rotatable bonds is 3. The van der Waals surface area contributed by atoms with Gasteiger partial charge in [-0.15, -0.1) is 0 Å². The van der Waals surface area contributed by atoms with Gasteiger partial charge in [-0.05, 0) is 31.9 Å². The zero-order chi connectivity index (χ0) is 20.8. The van der Waals surface area contributed by atoms with E-state index < -0.39 is 11.5 Å². The number of hydrogen-bond donors (Lipinski definition) is 2. The number of fused-ring (bicyclic) bond motifs is 2. The van der Waals surface area contributed by atoms with Gasteiger partial charge in [0.25, 0.3) is 11.3 Å². The SMILES string of the molecule is CC(C)(C)OC(=O)C1CN(Cc2cc(=O)n3[nH]c(N)nc3n2)Cc2ccccc21. The maximum atomic E-state index is 12.9. The number of esters is 1. The second-order valence-electron chi connectivity index (χ2n) is 8.28. The Morgan fingerprint density at radius 3 is 2.83 bits per heavy atom. The predicted molar refractivity (Wildman–Crippen MR) is 107 cm³/mol. The highest BCUT2D eigenvalue weighted by molar-refractivity contribution is 5.79. The number of aromatic nitrogens is 4. The molecule has 0 radical (unpaired) electrons. The lowest BCUT2D eigenvalue weighted by Crippen LogP contribution is -2.39. The summed E-state index contributed by atoms with van der Waals surface area (Å²) in [4.78, 5) is 35.7. The van der Waals surface area contributed by atoms with Gasteiger partial charge in [0, 0.05) is 25.7 Å².